The zero-order chi connectivity index (χ0) is 13.1. The van der Waals surface area contributed by atoms with Crippen LogP contribution in [-0.2, 0) is 0 Å². The Balaban J connectivity index is 2.99. The Kier molecular flexibility index (Phi) is 4.22. The van der Waals surface area contributed by atoms with Gasteiger partial charge in [0.15, 0.2) is 0 Å². The van der Waals surface area contributed by atoms with Crippen LogP contribution in [0, 0.1) is 17.4 Å². The molecule has 0 aliphatic carbocycles. The smallest absolute Gasteiger partial charge is 0.126 e. The monoisotopic (exact) mass is 244 g/mol. The maximum Gasteiger partial charge on any atom is 0.138 e. The summed E-state index contributed by atoms with van der Waals surface area (Å²) in [5.74, 6) is 4.03. The first-order chi connectivity index (χ1) is 7.77. The van der Waals surface area contributed by atoms with Crippen LogP contribution in [0.1, 0.15) is 33.3 Å². The average molecular weight is 244 g/mol. The predicted molar refractivity (Wildman–Crippen MR) is 79.7 cm³/mol. The third kappa shape index (κ3) is 3.23. The molecule has 0 bridgehead atoms. The van der Waals surface area contributed by atoms with Crippen LogP contribution in [0.3, 0.4) is 0 Å². The molecule has 1 rings (SSSR count). The Hall–Kier alpha value is -1.00. The molecule has 1 heteroatoms. The standard InChI is InChI=1S/C16H24Si/c1-14(2)16(3,4)17(5,6)13-12-15-10-8-7-9-11-15/h7-11,14H,1-6H3. The van der Waals surface area contributed by atoms with Gasteiger partial charge in [0.25, 0.3) is 0 Å². The van der Waals surface area contributed by atoms with Crippen LogP contribution < -0.4 is 0 Å². The number of rotatable bonds is 2. The van der Waals surface area contributed by atoms with Crippen molar-refractivity contribution in [2.45, 2.75) is 45.8 Å². The third-order valence-corrected chi connectivity index (χ3v) is 8.90. The Morgan fingerprint density at radius 1 is 1.06 bits per heavy atom. The molecule has 0 aromatic heterocycles. The molecular formula is C16H24Si. The van der Waals surface area contributed by atoms with Crippen LogP contribution in [0.4, 0.5) is 0 Å². The molecule has 0 radical (unpaired) electrons. The van der Waals surface area contributed by atoms with Crippen LogP contribution in [0.2, 0.25) is 18.1 Å². The van der Waals surface area contributed by atoms with Crippen molar-refractivity contribution < 1.29 is 0 Å². The molecule has 0 aliphatic rings. The highest BCUT2D eigenvalue weighted by Gasteiger charge is 2.40. The van der Waals surface area contributed by atoms with Gasteiger partial charge in [-0.15, -0.1) is 5.54 Å². The Bertz CT molecular complexity index is 416. The average Bonchev–Trinajstić information content (AvgIpc) is 2.27. The second-order valence-corrected chi connectivity index (χ2v) is 10.9. The summed E-state index contributed by atoms with van der Waals surface area (Å²) in [6.45, 7) is 14.1. The van der Waals surface area contributed by atoms with Crippen LogP contribution in [0.15, 0.2) is 30.3 Å². The van der Waals surface area contributed by atoms with Gasteiger partial charge in [-0.2, -0.15) is 0 Å². The fourth-order valence-corrected chi connectivity index (χ4v) is 3.86. The molecule has 0 saturated heterocycles. The lowest BCUT2D eigenvalue weighted by molar-refractivity contribution is 0.462. The van der Waals surface area contributed by atoms with Crippen LogP contribution in [0.25, 0.3) is 0 Å². The van der Waals surface area contributed by atoms with Gasteiger partial charge in [-0.1, -0.05) is 64.9 Å². The van der Waals surface area contributed by atoms with E-state index in [9.17, 15) is 0 Å². The van der Waals surface area contributed by atoms with Crippen LogP contribution in [0.5, 0.6) is 0 Å². The van der Waals surface area contributed by atoms with Crippen molar-refractivity contribution in [2.24, 2.45) is 5.92 Å². The van der Waals surface area contributed by atoms with Crippen molar-refractivity contribution in [3.8, 4) is 11.5 Å². The first-order valence-electron chi connectivity index (χ1n) is 6.35. The van der Waals surface area contributed by atoms with Crippen molar-refractivity contribution in [1.29, 1.82) is 0 Å². The molecule has 0 spiro atoms. The molecule has 0 N–H and O–H groups in total. The fraction of sp³-hybridized carbons (Fsp3) is 0.500. The SMILES string of the molecule is CC(C)C(C)(C)[Si](C)(C)C#Cc1ccccc1. The molecule has 0 aliphatic heterocycles. The van der Waals surface area contributed by atoms with Gasteiger partial charge in [0.1, 0.15) is 8.07 Å². The van der Waals surface area contributed by atoms with Crippen molar-refractivity contribution in [2.75, 3.05) is 0 Å². The van der Waals surface area contributed by atoms with Crippen LogP contribution in [-0.4, -0.2) is 8.07 Å². The first kappa shape index (κ1) is 14.1. The maximum atomic E-state index is 3.59. The van der Waals surface area contributed by atoms with Crippen molar-refractivity contribution in [3.63, 3.8) is 0 Å². The lowest BCUT2D eigenvalue weighted by atomic mass is 9.99. The van der Waals surface area contributed by atoms with E-state index in [-0.39, 0.29) is 0 Å². The van der Waals surface area contributed by atoms with Gasteiger partial charge in [0, 0.05) is 5.56 Å². The van der Waals surface area contributed by atoms with Crippen molar-refractivity contribution >= 4 is 8.07 Å². The van der Waals surface area contributed by atoms with E-state index in [1.54, 1.807) is 0 Å². The molecule has 0 saturated carbocycles. The quantitative estimate of drug-likeness (QED) is 0.521. The van der Waals surface area contributed by atoms with Gasteiger partial charge >= 0.3 is 0 Å². The summed E-state index contributed by atoms with van der Waals surface area (Å²) in [6.07, 6.45) is 0. The minimum absolute atomic E-state index is 0.342. The molecule has 1 aromatic carbocycles. The molecule has 0 heterocycles. The molecule has 1 aromatic rings. The largest absolute Gasteiger partial charge is 0.138 e. The topological polar surface area (TPSA) is 0 Å². The summed E-state index contributed by atoms with van der Waals surface area (Å²) in [5, 5.41) is 0.342. The number of benzene rings is 1. The van der Waals surface area contributed by atoms with E-state index in [4.69, 9.17) is 0 Å². The summed E-state index contributed by atoms with van der Waals surface area (Å²) >= 11 is 0. The normalized spacial score (nSPS) is 12.2. The molecule has 92 valence electrons. The lowest BCUT2D eigenvalue weighted by Gasteiger charge is -2.39. The molecule has 0 fully saturated rings. The predicted octanol–water partition coefficient (Wildman–Crippen LogP) is 4.72. The van der Waals surface area contributed by atoms with Gasteiger partial charge in [-0.05, 0) is 23.1 Å². The van der Waals surface area contributed by atoms with Crippen LogP contribution >= 0.6 is 0 Å². The first-order valence-corrected chi connectivity index (χ1v) is 9.35. The highest BCUT2D eigenvalue weighted by atomic mass is 28.3. The zero-order valence-electron chi connectivity index (χ0n) is 12.0. The number of hydrogen-bond donors (Lipinski definition) is 0. The summed E-state index contributed by atoms with van der Waals surface area (Å²) < 4.78 is 0. The van der Waals surface area contributed by atoms with Crippen molar-refractivity contribution in [1.82, 2.24) is 0 Å². The Labute approximate surface area is 107 Å². The molecule has 0 atom stereocenters. The second kappa shape index (κ2) is 5.10. The van der Waals surface area contributed by atoms with E-state index in [0.29, 0.717) is 11.0 Å². The summed E-state index contributed by atoms with van der Waals surface area (Å²) in [5.41, 5.74) is 4.72. The highest BCUT2D eigenvalue weighted by molar-refractivity contribution is 6.87. The van der Waals surface area contributed by atoms with E-state index < -0.39 is 8.07 Å². The summed E-state index contributed by atoms with van der Waals surface area (Å²) in [6, 6.07) is 10.3. The van der Waals surface area contributed by atoms with Gasteiger partial charge < -0.3 is 0 Å². The van der Waals surface area contributed by atoms with Gasteiger partial charge in [0.2, 0.25) is 0 Å². The minimum atomic E-state index is -1.54. The fourth-order valence-electron chi connectivity index (χ4n) is 1.63. The maximum absolute atomic E-state index is 3.59. The highest BCUT2D eigenvalue weighted by Crippen LogP contribution is 2.43. The van der Waals surface area contributed by atoms with Crippen molar-refractivity contribution in [3.05, 3.63) is 35.9 Å². The molecule has 0 unspecified atom stereocenters. The van der Waals surface area contributed by atoms with Gasteiger partial charge in [-0.25, -0.2) is 0 Å². The lowest BCUT2D eigenvalue weighted by Crippen LogP contribution is -2.41. The van der Waals surface area contributed by atoms with E-state index >= 15 is 0 Å². The van der Waals surface area contributed by atoms with Gasteiger partial charge in [0.05, 0.1) is 0 Å². The van der Waals surface area contributed by atoms with E-state index in [1.807, 2.05) is 18.2 Å². The minimum Gasteiger partial charge on any atom is -0.126 e. The summed E-state index contributed by atoms with van der Waals surface area (Å²) in [7, 11) is -1.54. The number of hydrogen-bond acceptors (Lipinski definition) is 0. The summed E-state index contributed by atoms with van der Waals surface area (Å²) in [4.78, 5) is 0. The third-order valence-electron chi connectivity index (χ3n) is 4.35. The molecule has 0 amide bonds. The Morgan fingerprint density at radius 2 is 1.59 bits per heavy atom. The Morgan fingerprint density at radius 3 is 2.06 bits per heavy atom. The molecule has 0 nitrogen and oxygen atoms in total. The molecular weight excluding hydrogens is 220 g/mol. The van der Waals surface area contributed by atoms with E-state index in [1.165, 1.54) is 0 Å². The van der Waals surface area contributed by atoms with E-state index in [2.05, 4.69) is 64.4 Å². The van der Waals surface area contributed by atoms with E-state index in [0.717, 1.165) is 5.56 Å². The molecule has 17 heavy (non-hydrogen) atoms. The second-order valence-electron chi connectivity index (χ2n) is 6.12. The zero-order valence-corrected chi connectivity index (χ0v) is 13.0. The van der Waals surface area contributed by atoms with Gasteiger partial charge in [-0.3, -0.25) is 0 Å².